The normalized spacial score (nSPS) is 11.6. The number of aromatic nitrogens is 2. The van der Waals surface area contributed by atoms with Gasteiger partial charge in [-0.1, -0.05) is 0 Å². The monoisotopic (exact) mass is 369 g/mol. The maximum absolute atomic E-state index is 14.1. The van der Waals surface area contributed by atoms with E-state index in [9.17, 15) is 26.7 Å². The smallest absolute Gasteiger partial charge is 0.413 e. The van der Waals surface area contributed by atoms with Gasteiger partial charge in [-0.3, -0.25) is 4.79 Å². The number of halogens is 5. The zero-order valence-corrected chi connectivity index (χ0v) is 12.6. The van der Waals surface area contributed by atoms with Crippen molar-refractivity contribution in [1.29, 1.82) is 0 Å². The molecular weight excluding hydrogens is 361 g/mol. The first-order chi connectivity index (χ1) is 12.2. The number of nitrogens with two attached hydrogens (primary N) is 1. The zero-order valence-electron chi connectivity index (χ0n) is 12.6. The molecule has 0 aliphatic rings. The lowest BCUT2D eigenvalue weighted by Crippen LogP contribution is -2.12. The van der Waals surface area contributed by atoms with Crippen LogP contribution >= 0.6 is 0 Å². The maximum Gasteiger partial charge on any atom is 0.470 e. The van der Waals surface area contributed by atoms with E-state index in [-0.39, 0.29) is 22.3 Å². The number of hydrogen-bond donors (Lipinski definition) is 1. The molecule has 0 saturated heterocycles. The minimum atomic E-state index is -4.83. The molecule has 26 heavy (non-hydrogen) atoms. The molecule has 0 radical (unpaired) electrons. The lowest BCUT2D eigenvalue weighted by molar-refractivity contribution is -0.156. The van der Waals surface area contributed by atoms with Gasteiger partial charge in [0.15, 0.2) is 0 Å². The Kier molecular flexibility index (Phi) is 4.18. The van der Waals surface area contributed by atoms with Gasteiger partial charge in [-0.05, 0) is 35.9 Å². The van der Waals surface area contributed by atoms with E-state index in [0.717, 1.165) is 18.2 Å². The summed E-state index contributed by atoms with van der Waals surface area (Å²) in [6.07, 6.45) is -4.83. The van der Waals surface area contributed by atoms with Gasteiger partial charge in [0.05, 0.1) is 0 Å². The lowest BCUT2D eigenvalue weighted by Gasteiger charge is -2.10. The van der Waals surface area contributed by atoms with Crippen molar-refractivity contribution in [2.24, 2.45) is 5.73 Å². The van der Waals surface area contributed by atoms with E-state index < -0.39 is 35.5 Å². The number of alkyl halides is 3. The molecule has 0 fully saturated rings. The van der Waals surface area contributed by atoms with Crippen LogP contribution in [0.15, 0.2) is 40.8 Å². The largest absolute Gasteiger partial charge is 0.470 e. The fourth-order valence-corrected chi connectivity index (χ4v) is 2.28. The van der Waals surface area contributed by atoms with Gasteiger partial charge in [0.1, 0.15) is 11.6 Å². The number of carbonyl (C=O) groups excluding carboxylic acids is 1. The van der Waals surface area contributed by atoms with Crippen LogP contribution in [0, 0.1) is 11.6 Å². The quantitative estimate of drug-likeness (QED) is 0.712. The standard InChI is InChI=1S/C16H8F5N3O2/c17-8-2-4-9(12(18)6-8)11-5-7(1-3-10(11)13(22)25)14-23-24-15(26-14)16(19,20)21/h1-6H,(H2,22,25). The first kappa shape index (κ1) is 17.5. The molecule has 0 aliphatic heterocycles. The second kappa shape index (κ2) is 6.21. The Bertz CT molecular complexity index is 998. The molecule has 0 aliphatic carbocycles. The molecule has 0 spiro atoms. The Hall–Kier alpha value is -3.30. The highest BCUT2D eigenvalue weighted by atomic mass is 19.4. The molecule has 5 nitrogen and oxygen atoms in total. The summed E-state index contributed by atoms with van der Waals surface area (Å²) in [7, 11) is 0. The maximum atomic E-state index is 14.1. The Morgan fingerprint density at radius 2 is 1.73 bits per heavy atom. The number of amides is 1. The van der Waals surface area contributed by atoms with Gasteiger partial charge in [-0.15, -0.1) is 10.2 Å². The highest BCUT2D eigenvalue weighted by molar-refractivity contribution is 6.00. The fourth-order valence-electron chi connectivity index (χ4n) is 2.28. The third-order valence-corrected chi connectivity index (χ3v) is 3.42. The van der Waals surface area contributed by atoms with E-state index in [1.807, 2.05) is 0 Å². The highest BCUT2D eigenvalue weighted by Crippen LogP contribution is 2.33. The van der Waals surface area contributed by atoms with Crippen LogP contribution < -0.4 is 5.73 Å². The third-order valence-electron chi connectivity index (χ3n) is 3.42. The van der Waals surface area contributed by atoms with Crippen LogP contribution in [0.5, 0.6) is 0 Å². The van der Waals surface area contributed by atoms with Crippen LogP contribution in [0.1, 0.15) is 16.2 Å². The number of primary amides is 1. The van der Waals surface area contributed by atoms with E-state index in [4.69, 9.17) is 5.73 Å². The summed E-state index contributed by atoms with van der Waals surface area (Å²) in [6.45, 7) is 0. The predicted octanol–water partition coefficient (Wildman–Crippen LogP) is 3.80. The number of rotatable bonds is 3. The van der Waals surface area contributed by atoms with E-state index in [0.29, 0.717) is 6.07 Å². The van der Waals surface area contributed by atoms with Crippen molar-refractivity contribution in [3.8, 4) is 22.6 Å². The molecule has 1 amide bonds. The van der Waals surface area contributed by atoms with Gasteiger partial charge in [-0.2, -0.15) is 13.2 Å². The van der Waals surface area contributed by atoms with E-state index >= 15 is 0 Å². The van der Waals surface area contributed by atoms with Gasteiger partial charge in [-0.25, -0.2) is 8.78 Å². The Morgan fingerprint density at radius 3 is 2.31 bits per heavy atom. The molecule has 10 heteroatoms. The second-order valence-electron chi connectivity index (χ2n) is 5.16. The van der Waals surface area contributed by atoms with Crippen molar-refractivity contribution in [2.75, 3.05) is 0 Å². The van der Waals surface area contributed by atoms with Crippen LogP contribution in [-0.4, -0.2) is 16.1 Å². The molecule has 0 unspecified atom stereocenters. The van der Waals surface area contributed by atoms with Crippen molar-refractivity contribution < 1.29 is 31.2 Å². The van der Waals surface area contributed by atoms with Crippen LogP contribution in [-0.2, 0) is 6.18 Å². The van der Waals surface area contributed by atoms with E-state index in [2.05, 4.69) is 14.6 Å². The molecule has 0 saturated carbocycles. The predicted molar refractivity (Wildman–Crippen MR) is 78.6 cm³/mol. The first-order valence-electron chi connectivity index (χ1n) is 6.97. The Morgan fingerprint density at radius 1 is 1.00 bits per heavy atom. The zero-order chi connectivity index (χ0) is 19.1. The lowest BCUT2D eigenvalue weighted by atomic mass is 9.96. The fraction of sp³-hybridized carbons (Fsp3) is 0.0625. The first-order valence-corrected chi connectivity index (χ1v) is 6.97. The van der Waals surface area contributed by atoms with Crippen LogP contribution in [0.2, 0.25) is 0 Å². The van der Waals surface area contributed by atoms with E-state index in [1.165, 1.54) is 12.1 Å². The number of nitrogens with zero attached hydrogens (tertiary/aromatic N) is 2. The molecule has 134 valence electrons. The average Bonchev–Trinajstić information content (AvgIpc) is 3.04. The molecule has 0 bridgehead atoms. The molecule has 2 aromatic carbocycles. The van der Waals surface area contributed by atoms with Crippen molar-refractivity contribution in [3.05, 3.63) is 59.5 Å². The van der Waals surface area contributed by atoms with Crippen molar-refractivity contribution in [3.63, 3.8) is 0 Å². The van der Waals surface area contributed by atoms with Crippen LogP contribution in [0.4, 0.5) is 22.0 Å². The highest BCUT2D eigenvalue weighted by Gasteiger charge is 2.38. The van der Waals surface area contributed by atoms with Gasteiger partial charge in [0, 0.05) is 22.8 Å². The van der Waals surface area contributed by atoms with Crippen LogP contribution in [0.25, 0.3) is 22.6 Å². The summed E-state index contributed by atoms with van der Waals surface area (Å²) in [5, 5.41) is 6.19. The molecule has 0 atom stereocenters. The summed E-state index contributed by atoms with van der Waals surface area (Å²) in [6, 6.07) is 6.19. The summed E-state index contributed by atoms with van der Waals surface area (Å²) in [4.78, 5) is 11.6. The van der Waals surface area contributed by atoms with Gasteiger partial charge >= 0.3 is 12.1 Å². The van der Waals surface area contributed by atoms with E-state index in [1.54, 1.807) is 0 Å². The van der Waals surface area contributed by atoms with Crippen molar-refractivity contribution in [2.45, 2.75) is 6.18 Å². The number of hydrogen-bond acceptors (Lipinski definition) is 4. The van der Waals surface area contributed by atoms with Crippen LogP contribution in [0.3, 0.4) is 0 Å². The summed E-state index contributed by atoms with van der Waals surface area (Å²) in [5.41, 5.74) is 4.90. The number of benzene rings is 2. The molecule has 3 aromatic rings. The second-order valence-corrected chi connectivity index (χ2v) is 5.16. The summed E-state index contributed by atoms with van der Waals surface area (Å²) >= 11 is 0. The van der Waals surface area contributed by atoms with Crippen molar-refractivity contribution in [1.82, 2.24) is 10.2 Å². The van der Waals surface area contributed by atoms with Crippen molar-refractivity contribution >= 4 is 5.91 Å². The van der Waals surface area contributed by atoms with Gasteiger partial charge < -0.3 is 10.2 Å². The molecule has 1 aromatic heterocycles. The SMILES string of the molecule is NC(=O)c1ccc(-c2nnc(C(F)(F)F)o2)cc1-c1ccc(F)cc1F. The van der Waals surface area contributed by atoms with Gasteiger partial charge in [0.2, 0.25) is 11.8 Å². The molecule has 1 heterocycles. The number of carbonyl (C=O) groups is 1. The van der Waals surface area contributed by atoms with Gasteiger partial charge in [0.25, 0.3) is 0 Å². The third kappa shape index (κ3) is 3.25. The topological polar surface area (TPSA) is 82.0 Å². The molecule has 2 N–H and O–H groups in total. The summed E-state index contributed by atoms with van der Waals surface area (Å²) in [5.74, 6) is -4.77. The molecule has 3 rings (SSSR count). The Balaban J connectivity index is 2.16. The Labute approximate surface area is 142 Å². The minimum Gasteiger partial charge on any atom is -0.413 e. The average molecular weight is 369 g/mol. The molecular formula is C16H8F5N3O2. The minimum absolute atomic E-state index is 0.00303. The summed E-state index contributed by atoms with van der Waals surface area (Å²) < 4.78 is 69.5.